The molecule has 0 heterocycles. The second kappa shape index (κ2) is 12.4. The lowest BCUT2D eigenvalue weighted by molar-refractivity contribution is -0.111. The summed E-state index contributed by atoms with van der Waals surface area (Å²) in [6, 6.07) is 9.25. The molecule has 2 N–H and O–H groups in total. The van der Waals surface area contributed by atoms with Crippen molar-refractivity contribution >= 4 is 11.6 Å². The number of rotatable bonds is 2. The number of amides is 1. The number of carbonyl (C=O) groups is 1. The van der Waals surface area contributed by atoms with Crippen LogP contribution >= 0.6 is 0 Å². The molecule has 0 saturated heterocycles. The van der Waals surface area contributed by atoms with Gasteiger partial charge in [-0.1, -0.05) is 38.6 Å². The molecular formula is C12H19NO2. The Kier molecular flexibility index (Phi) is 13.1. The van der Waals surface area contributed by atoms with Gasteiger partial charge in [0.05, 0.1) is 0 Å². The number of anilines is 1. The van der Waals surface area contributed by atoms with Crippen LogP contribution < -0.4 is 5.32 Å². The number of carbonyl (C=O) groups excluding carboxylic acids is 1. The van der Waals surface area contributed by atoms with Crippen LogP contribution in [0.5, 0.6) is 0 Å². The van der Waals surface area contributed by atoms with Crippen molar-refractivity contribution in [2.75, 3.05) is 12.4 Å². The number of aliphatic hydroxyl groups is 1. The molecule has 1 aromatic rings. The van der Waals surface area contributed by atoms with Crippen molar-refractivity contribution in [1.29, 1.82) is 0 Å². The van der Waals surface area contributed by atoms with E-state index in [1.165, 1.54) is 6.08 Å². The van der Waals surface area contributed by atoms with Gasteiger partial charge in [0, 0.05) is 12.8 Å². The summed E-state index contributed by atoms with van der Waals surface area (Å²) < 4.78 is 0. The minimum absolute atomic E-state index is 0.184. The van der Waals surface area contributed by atoms with Gasteiger partial charge in [0.25, 0.3) is 0 Å². The van der Waals surface area contributed by atoms with Crippen LogP contribution in [0.1, 0.15) is 13.8 Å². The Morgan fingerprint density at radius 1 is 1.27 bits per heavy atom. The molecule has 0 aliphatic rings. The summed E-state index contributed by atoms with van der Waals surface area (Å²) in [6.07, 6.45) is 1.24. The van der Waals surface area contributed by atoms with Crippen molar-refractivity contribution in [3.05, 3.63) is 43.0 Å². The lowest BCUT2D eigenvalue weighted by Crippen LogP contribution is -2.06. The normalized spacial score (nSPS) is 7.20. The molecule has 1 aromatic carbocycles. The van der Waals surface area contributed by atoms with E-state index in [0.29, 0.717) is 0 Å². The quantitative estimate of drug-likeness (QED) is 0.735. The number of benzene rings is 1. The Balaban J connectivity index is 0. The standard InChI is InChI=1S/C9H9NO.C2H6.CH4O/c1-2-9(11)10-8-6-4-3-5-7-8;2*1-2/h2-7H,1H2,(H,10,11);1-2H3;2H,1H3. The van der Waals surface area contributed by atoms with Crippen LogP contribution in [0.25, 0.3) is 0 Å². The molecule has 0 spiro atoms. The van der Waals surface area contributed by atoms with Crippen molar-refractivity contribution in [3.8, 4) is 0 Å². The molecule has 0 aliphatic carbocycles. The summed E-state index contributed by atoms with van der Waals surface area (Å²) in [6.45, 7) is 7.34. The number of hydrogen-bond donors (Lipinski definition) is 2. The molecule has 84 valence electrons. The minimum Gasteiger partial charge on any atom is -0.400 e. The first-order valence-electron chi connectivity index (χ1n) is 4.76. The van der Waals surface area contributed by atoms with E-state index in [9.17, 15) is 4.79 Å². The summed E-state index contributed by atoms with van der Waals surface area (Å²) in [4.78, 5) is 10.8. The average molecular weight is 209 g/mol. The molecule has 0 unspecified atom stereocenters. The van der Waals surface area contributed by atoms with Crippen molar-refractivity contribution in [2.45, 2.75) is 13.8 Å². The Bertz CT molecular complexity index is 258. The largest absolute Gasteiger partial charge is 0.400 e. The van der Waals surface area contributed by atoms with Gasteiger partial charge < -0.3 is 10.4 Å². The third-order valence-corrected chi connectivity index (χ3v) is 1.23. The first-order chi connectivity index (χ1) is 7.33. The van der Waals surface area contributed by atoms with E-state index in [1.807, 2.05) is 44.2 Å². The van der Waals surface area contributed by atoms with Gasteiger partial charge in [-0.05, 0) is 18.2 Å². The van der Waals surface area contributed by atoms with E-state index in [0.717, 1.165) is 12.8 Å². The number of aliphatic hydroxyl groups excluding tert-OH is 1. The molecule has 3 nitrogen and oxygen atoms in total. The molecule has 0 atom stereocenters. The van der Waals surface area contributed by atoms with Crippen molar-refractivity contribution in [3.63, 3.8) is 0 Å². The van der Waals surface area contributed by atoms with E-state index in [-0.39, 0.29) is 5.91 Å². The molecule has 0 aromatic heterocycles. The maximum atomic E-state index is 10.8. The van der Waals surface area contributed by atoms with Crippen LogP contribution in [0.2, 0.25) is 0 Å². The van der Waals surface area contributed by atoms with E-state index >= 15 is 0 Å². The van der Waals surface area contributed by atoms with E-state index in [2.05, 4.69) is 11.9 Å². The van der Waals surface area contributed by atoms with Crippen molar-refractivity contribution in [1.82, 2.24) is 0 Å². The van der Waals surface area contributed by atoms with Crippen LogP contribution in [-0.4, -0.2) is 18.1 Å². The SMILES string of the molecule is C=CC(=O)Nc1ccccc1.CC.CO. The highest BCUT2D eigenvalue weighted by molar-refractivity contribution is 5.98. The molecule has 15 heavy (non-hydrogen) atoms. The number of hydrogen-bond acceptors (Lipinski definition) is 2. The van der Waals surface area contributed by atoms with Gasteiger partial charge >= 0.3 is 0 Å². The second-order valence-corrected chi connectivity index (χ2v) is 2.06. The lowest BCUT2D eigenvalue weighted by Gasteiger charge is -1.98. The molecule has 3 heteroatoms. The fourth-order valence-corrected chi connectivity index (χ4v) is 0.715. The Hall–Kier alpha value is -1.61. The Labute approximate surface area is 91.4 Å². The summed E-state index contributed by atoms with van der Waals surface area (Å²) in [5, 5.41) is 9.63. The van der Waals surface area contributed by atoms with Gasteiger partial charge in [-0.25, -0.2) is 0 Å². The van der Waals surface area contributed by atoms with Crippen LogP contribution in [0.3, 0.4) is 0 Å². The van der Waals surface area contributed by atoms with Gasteiger partial charge in [0.15, 0.2) is 0 Å². The maximum Gasteiger partial charge on any atom is 0.247 e. The number of nitrogens with one attached hydrogen (secondary N) is 1. The highest BCUT2D eigenvalue weighted by Gasteiger charge is 1.92. The summed E-state index contributed by atoms with van der Waals surface area (Å²) in [5.41, 5.74) is 0.789. The first-order valence-corrected chi connectivity index (χ1v) is 4.76. The second-order valence-electron chi connectivity index (χ2n) is 2.06. The fourth-order valence-electron chi connectivity index (χ4n) is 0.715. The zero-order valence-corrected chi connectivity index (χ0v) is 9.53. The molecular weight excluding hydrogens is 190 g/mol. The zero-order chi connectivity index (χ0) is 12.1. The van der Waals surface area contributed by atoms with Crippen LogP contribution in [0, 0.1) is 0 Å². The predicted molar refractivity (Wildman–Crippen MR) is 64.8 cm³/mol. The molecule has 0 bridgehead atoms. The van der Waals surface area contributed by atoms with Gasteiger partial charge in [-0.2, -0.15) is 0 Å². The fraction of sp³-hybridized carbons (Fsp3) is 0.250. The maximum absolute atomic E-state index is 10.8. The highest BCUT2D eigenvalue weighted by Crippen LogP contribution is 2.03. The van der Waals surface area contributed by atoms with E-state index < -0.39 is 0 Å². The Morgan fingerprint density at radius 3 is 2.13 bits per heavy atom. The minimum atomic E-state index is -0.184. The van der Waals surface area contributed by atoms with E-state index in [4.69, 9.17) is 5.11 Å². The number of para-hydroxylation sites is 1. The van der Waals surface area contributed by atoms with Gasteiger partial charge in [-0.15, -0.1) is 0 Å². The molecule has 0 saturated carbocycles. The van der Waals surface area contributed by atoms with Crippen LogP contribution in [-0.2, 0) is 4.79 Å². The van der Waals surface area contributed by atoms with Gasteiger partial charge in [0.2, 0.25) is 5.91 Å². The van der Waals surface area contributed by atoms with E-state index in [1.54, 1.807) is 0 Å². The summed E-state index contributed by atoms with van der Waals surface area (Å²) in [5.74, 6) is -0.184. The van der Waals surface area contributed by atoms with Gasteiger partial charge in [0.1, 0.15) is 0 Å². The summed E-state index contributed by atoms with van der Waals surface area (Å²) >= 11 is 0. The zero-order valence-electron chi connectivity index (χ0n) is 9.53. The molecule has 0 radical (unpaired) electrons. The van der Waals surface area contributed by atoms with Crippen molar-refractivity contribution < 1.29 is 9.90 Å². The average Bonchev–Trinajstić information content (AvgIpc) is 2.35. The monoisotopic (exact) mass is 209 g/mol. The third kappa shape index (κ3) is 8.71. The molecule has 0 fully saturated rings. The van der Waals surface area contributed by atoms with Crippen molar-refractivity contribution in [2.24, 2.45) is 0 Å². The third-order valence-electron chi connectivity index (χ3n) is 1.23. The summed E-state index contributed by atoms with van der Waals surface area (Å²) in [7, 11) is 1.00. The highest BCUT2D eigenvalue weighted by atomic mass is 16.2. The smallest absolute Gasteiger partial charge is 0.247 e. The van der Waals surface area contributed by atoms with Crippen LogP contribution in [0.4, 0.5) is 5.69 Å². The molecule has 1 rings (SSSR count). The predicted octanol–water partition coefficient (Wildman–Crippen LogP) is 2.45. The first kappa shape index (κ1) is 15.8. The van der Waals surface area contributed by atoms with Gasteiger partial charge in [-0.3, -0.25) is 4.79 Å². The molecule has 0 aliphatic heterocycles. The topological polar surface area (TPSA) is 49.3 Å². The molecule has 1 amide bonds. The van der Waals surface area contributed by atoms with Crippen LogP contribution in [0.15, 0.2) is 43.0 Å². The lowest BCUT2D eigenvalue weighted by atomic mass is 10.3. The Morgan fingerprint density at radius 2 is 1.73 bits per heavy atom.